The molecule has 0 aliphatic heterocycles. The molecule has 0 atom stereocenters. The Morgan fingerprint density at radius 1 is 0.708 bits per heavy atom. The van der Waals surface area contributed by atoms with E-state index in [0.29, 0.717) is 0 Å². The zero-order valence-corrected chi connectivity index (χ0v) is 15.2. The molecule has 24 heavy (non-hydrogen) atoms. The van der Waals surface area contributed by atoms with E-state index in [9.17, 15) is 0 Å². The Morgan fingerprint density at radius 3 is 2.08 bits per heavy atom. The molecule has 0 amide bonds. The summed E-state index contributed by atoms with van der Waals surface area (Å²) in [6, 6.07) is 24.1. The molecule has 0 saturated heterocycles. The third-order valence-electron chi connectivity index (χ3n) is 4.59. The molecule has 1 nitrogen and oxygen atoms in total. The van der Waals surface area contributed by atoms with Crippen LogP contribution in [0.4, 0.5) is 0 Å². The van der Waals surface area contributed by atoms with E-state index in [2.05, 4.69) is 99.4 Å². The van der Waals surface area contributed by atoms with E-state index < -0.39 is 0 Å². The van der Waals surface area contributed by atoms with Crippen molar-refractivity contribution in [2.45, 2.75) is 39.3 Å². The first-order valence-corrected chi connectivity index (χ1v) is 8.69. The van der Waals surface area contributed by atoms with Crippen LogP contribution >= 0.6 is 0 Å². The maximum absolute atomic E-state index is 2.41. The van der Waals surface area contributed by atoms with Crippen LogP contribution in [0.2, 0.25) is 0 Å². The van der Waals surface area contributed by atoms with Gasteiger partial charge in [-0.05, 0) is 39.9 Å². The van der Waals surface area contributed by atoms with Crippen LogP contribution in [0.15, 0.2) is 66.7 Å². The summed E-state index contributed by atoms with van der Waals surface area (Å²) in [6.45, 7) is 8.79. The lowest BCUT2D eigenvalue weighted by atomic mass is 9.83. The minimum absolute atomic E-state index is 0.177. The Bertz CT molecular complexity index is 821. The van der Waals surface area contributed by atoms with E-state index in [-0.39, 0.29) is 5.41 Å². The van der Waals surface area contributed by atoms with Gasteiger partial charge in [0.25, 0.3) is 0 Å². The molecule has 0 bridgehead atoms. The summed E-state index contributed by atoms with van der Waals surface area (Å²) >= 11 is 0. The second kappa shape index (κ2) is 6.78. The predicted molar refractivity (Wildman–Crippen MR) is 104 cm³/mol. The Morgan fingerprint density at radius 2 is 1.29 bits per heavy atom. The molecule has 3 aromatic carbocycles. The summed E-state index contributed by atoms with van der Waals surface area (Å²) in [5.74, 6) is 0. The van der Waals surface area contributed by atoms with Gasteiger partial charge in [0.2, 0.25) is 0 Å². The first-order chi connectivity index (χ1) is 11.4. The van der Waals surface area contributed by atoms with Crippen molar-refractivity contribution in [1.29, 1.82) is 0 Å². The van der Waals surface area contributed by atoms with E-state index >= 15 is 0 Å². The molecule has 0 aliphatic carbocycles. The highest BCUT2D eigenvalue weighted by molar-refractivity contribution is 5.85. The van der Waals surface area contributed by atoms with Crippen LogP contribution in [0.25, 0.3) is 10.8 Å². The minimum Gasteiger partial charge on any atom is -0.298 e. The molecule has 0 radical (unpaired) electrons. The average molecular weight is 317 g/mol. The lowest BCUT2D eigenvalue weighted by Gasteiger charge is -2.26. The highest BCUT2D eigenvalue weighted by Crippen LogP contribution is 2.27. The summed E-state index contributed by atoms with van der Waals surface area (Å²) in [7, 11) is 2.21. The molecular weight excluding hydrogens is 290 g/mol. The van der Waals surface area contributed by atoms with Gasteiger partial charge in [-0.3, -0.25) is 4.90 Å². The zero-order valence-electron chi connectivity index (χ0n) is 15.2. The van der Waals surface area contributed by atoms with E-state index in [1.165, 1.54) is 27.5 Å². The fourth-order valence-corrected chi connectivity index (χ4v) is 3.46. The van der Waals surface area contributed by atoms with Crippen LogP contribution in [0.3, 0.4) is 0 Å². The first-order valence-electron chi connectivity index (χ1n) is 8.69. The second-order valence-corrected chi connectivity index (χ2v) is 7.72. The van der Waals surface area contributed by atoms with Gasteiger partial charge >= 0.3 is 0 Å². The molecule has 0 unspecified atom stereocenters. The van der Waals surface area contributed by atoms with Crippen LogP contribution in [-0.4, -0.2) is 11.9 Å². The smallest absolute Gasteiger partial charge is 0.0240 e. The van der Waals surface area contributed by atoms with Gasteiger partial charge in [-0.1, -0.05) is 87.5 Å². The normalized spacial score (nSPS) is 12.0. The molecule has 3 aromatic rings. The lowest BCUT2D eigenvalue weighted by molar-refractivity contribution is 0.317. The lowest BCUT2D eigenvalue weighted by Crippen LogP contribution is -2.21. The van der Waals surface area contributed by atoms with Crippen molar-refractivity contribution < 1.29 is 0 Å². The van der Waals surface area contributed by atoms with Gasteiger partial charge < -0.3 is 0 Å². The molecular formula is C23H27N. The van der Waals surface area contributed by atoms with Crippen molar-refractivity contribution in [2.75, 3.05) is 7.05 Å². The van der Waals surface area contributed by atoms with Gasteiger partial charge in [-0.25, -0.2) is 0 Å². The highest BCUT2D eigenvalue weighted by Gasteiger charge is 2.18. The largest absolute Gasteiger partial charge is 0.298 e. The molecule has 0 saturated carbocycles. The van der Waals surface area contributed by atoms with E-state index in [4.69, 9.17) is 0 Å². The van der Waals surface area contributed by atoms with Crippen LogP contribution < -0.4 is 0 Å². The molecule has 0 heterocycles. The van der Waals surface area contributed by atoms with Gasteiger partial charge in [0.1, 0.15) is 0 Å². The van der Waals surface area contributed by atoms with Crippen LogP contribution in [0, 0.1) is 0 Å². The predicted octanol–water partition coefficient (Wildman–Crippen LogP) is 5.77. The maximum atomic E-state index is 2.41. The summed E-state index contributed by atoms with van der Waals surface area (Å²) < 4.78 is 0. The van der Waals surface area contributed by atoms with E-state index in [0.717, 1.165) is 13.1 Å². The number of rotatable bonds is 4. The summed E-state index contributed by atoms with van der Waals surface area (Å²) in [6.07, 6.45) is 0. The third-order valence-corrected chi connectivity index (χ3v) is 4.59. The average Bonchev–Trinajstić information content (AvgIpc) is 2.54. The van der Waals surface area contributed by atoms with Crippen molar-refractivity contribution >= 4 is 10.8 Å². The molecule has 124 valence electrons. The Kier molecular flexibility index (Phi) is 4.73. The van der Waals surface area contributed by atoms with Gasteiger partial charge in [0.05, 0.1) is 0 Å². The van der Waals surface area contributed by atoms with Gasteiger partial charge in [0, 0.05) is 13.1 Å². The Balaban J connectivity index is 1.83. The van der Waals surface area contributed by atoms with Gasteiger partial charge in [0.15, 0.2) is 0 Å². The Labute approximate surface area is 145 Å². The maximum Gasteiger partial charge on any atom is 0.0240 e. The fraction of sp³-hybridized carbons (Fsp3) is 0.304. The molecule has 0 N–H and O–H groups in total. The summed E-state index contributed by atoms with van der Waals surface area (Å²) in [5, 5.41) is 2.68. The second-order valence-electron chi connectivity index (χ2n) is 7.72. The van der Waals surface area contributed by atoms with E-state index in [1.807, 2.05) is 0 Å². The molecule has 1 heteroatoms. The number of fused-ring (bicyclic) bond motifs is 1. The quantitative estimate of drug-likeness (QED) is 0.590. The van der Waals surface area contributed by atoms with Gasteiger partial charge in [-0.15, -0.1) is 0 Å². The molecule has 0 fully saturated rings. The van der Waals surface area contributed by atoms with Crippen molar-refractivity contribution in [3.05, 3.63) is 83.4 Å². The number of hydrogen-bond acceptors (Lipinski definition) is 1. The van der Waals surface area contributed by atoms with Gasteiger partial charge in [-0.2, -0.15) is 0 Å². The van der Waals surface area contributed by atoms with E-state index in [1.54, 1.807) is 0 Å². The molecule has 0 aromatic heterocycles. The first kappa shape index (κ1) is 16.7. The van der Waals surface area contributed by atoms with Crippen molar-refractivity contribution in [3.63, 3.8) is 0 Å². The van der Waals surface area contributed by atoms with Crippen LogP contribution in [0.5, 0.6) is 0 Å². The monoisotopic (exact) mass is 317 g/mol. The molecule has 3 rings (SSSR count). The third kappa shape index (κ3) is 3.68. The van der Waals surface area contributed by atoms with Crippen molar-refractivity contribution in [1.82, 2.24) is 4.90 Å². The molecule has 0 spiro atoms. The SMILES string of the molecule is CN(Cc1ccccc1C(C)(C)C)Cc1cccc2ccccc12. The summed E-state index contributed by atoms with van der Waals surface area (Å²) in [5.41, 5.74) is 4.43. The number of benzene rings is 3. The zero-order chi connectivity index (χ0) is 17.2. The van der Waals surface area contributed by atoms with Crippen molar-refractivity contribution in [2.24, 2.45) is 0 Å². The number of hydrogen-bond donors (Lipinski definition) is 0. The number of nitrogens with zero attached hydrogens (tertiary/aromatic N) is 1. The molecule has 0 aliphatic rings. The standard InChI is InChI=1S/C23H27N/c1-23(2,3)22-15-8-6-11-20(22)17-24(4)16-19-13-9-12-18-10-5-7-14-21(18)19/h5-15H,16-17H2,1-4H3. The van der Waals surface area contributed by atoms with Crippen molar-refractivity contribution in [3.8, 4) is 0 Å². The van der Waals surface area contributed by atoms with Crippen LogP contribution in [-0.2, 0) is 18.5 Å². The summed E-state index contributed by atoms with van der Waals surface area (Å²) in [4.78, 5) is 2.41. The minimum atomic E-state index is 0.177. The Hall–Kier alpha value is -2.12. The highest BCUT2D eigenvalue weighted by atomic mass is 15.1. The van der Waals surface area contributed by atoms with Crippen LogP contribution in [0.1, 0.15) is 37.5 Å². The fourth-order valence-electron chi connectivity index (χ4n) is 3.46. The topological polar surface area (TPSA) is 3.24 Å².